The molecule has 2 aromatic heterocycles. The number of aliphatic hydroxyl groups is 2. The first-order valence-electron chi connectivity index (χ1n) is 10.2. The summed E-state index contributed by atoms with van der Waals surface area (Å²) < 4.78 is 16.5. The van der Waals surface area contributed by atoms with Gasteiger partial charge in [0.25, 0.3) is 0 Å². The zero-order valence-electron chi connectivity index (χ0n) is 16.1. The van der Waals surface area contributed by atoms with E-state index in [4.69, 9.17) is 0 Å². The van der Waals surface area contributed by atoms with Crippen molar-refractivity contribution >= 4 is 0 Å². The Morgan fingerprint density at radius 2 is 1.90 bits per heavy atom. The van der Waals surface area contributed by atoms with Crippen molar-refractivity contribution in [2.24, 2.45) is 0 Å². The number of hydrogen-bond acceptors (Lipinski definition) is 4. The van der Waals surface area contributed by atoms with Crippen molar-refractivity contribution in [1.82, 2.24) is 14.5 Å². The van der Waals surface area contributed by atoms with Crippen LogP contribution in [-0.4, -0.2) is 36.5 Å². The number of pyridine rings is 1. The number of fused-ring (bicyclic) bond motifs is 3. The zero-order chi connectivity index (χ0) is 20.0. The lowest BCUT2D eigenvalue weighted by atomic mass is 9.72. The fourth-order valence-corrected chi connectivity index (χ4v) is 5.08. The molecule has 1 aromatic carbocycles. The molecule has 5 rings (SSSR count). The first kappa shape index (κ1) is 18.5. The minimum atomic E-state index is -1.15. The third-order valence-corrected chi connectivity index (χ3v) is 6.76. The molecule has 1 aliphatic carbocycles. The lowest BCUT2D eigenvalue weighted by Gasteiger charge is -2.40. The molecule has 1 aliphatic heterocycles. The second-order valence-electron chi connectivity index (χ2n) is 8.31. The van der Waals surface area contributed by atoms with Crippen LogP contribution in [0, 0.1) is 5.82 Å². The number of aromatic nitrogens is 3. The molecule has 1 fully saturated rings. The van der Waals surface area contributed by atoms with Crippen molar-refractivity contribution < 1.29 is 14.6 Å². The van der Waals surface area contributed by atoms with Gasteiger partial charge >= 0.3 is 0 Å². The first-order valence-corrected chi connectivity index (χ1v) is 10.2. The summed E-state index contributed by atoms with van der Waals surface area (Å²) in [4.78, 5) is 8.26. The molecule has 2 aliphatic rings. The van der Waals surface area contributed by atoms with E-state index in [9.17, 15) is 14.6 Å². The molecule has 1 saturated carbocycles. The van der Waals surface area contributed by atoms with Gasteiger partial charge in [-0.15, -0.1) is 0 Å². The predicted molar refractivity (Wildman–Crippen MR) is 107 cm³/mol. The number of halogens is 1. The smallest absolute Gasteiger partial charge is 0.129 e. The summed E-state index contributed by atoms with van der Waals surface area (Å²) in [5, 5.41) is 22.2. The standard InChI is InChI=1S/C23H24FN3O2/c24-18-3-1-2-17-20-13-26-14-27(20)19(22(17)18)12-21(28)23(29)8-4-15(5-9-23)16-6-10-25-11-7-16/h1-3,6-7,10-11,13-15,19,21,28-29H,4-5,8-9,12H2. The van der Waals surface area contributed by atoms with Crippen LogP contribution in [0.1, 0.15) is 55.2 Å². The maximum absolute atomic E-state index is 14.6. The van der Waals surface area contributed by atoms with Gasteiger partial charge in [0, 0.05) is 29.9 Å². The van der Waals surface area contributed by atoms with Crippen LogP contribution in [0.25, 0.3) is 11.3 Å². The highest BCUT2D eigenvalue weighted by Gasteiger charge is 2.43. The summed E-state index contributed by atoms with van der Waals surface area (Å²) in [6.45, 7) is 0. The summed E-state index contributed by atoms with van der Waals surface area (Å²) in [6, 6.07) is 8.70. The number of imidazole rings is 1. The van der Waals surface area contributed by atoms with Gasteiger partial charge in [-0.2, -0.15) is 0 Å². The topological polar surface area (TPSA) is 71.2 Å². The summed E-state index contributed by atoms with van der Waals surface area (Å²) in [6.07, 6.45) is 8.96. The van der Waals surface area contributed by atoms with Gasteiger partial charge < -0.3 is 14.8 Å². The zero-order valence-corrected chi connectivity index (χ0v) is 16.1. The van der Waals surface area contributed by atoms with Crippen molar-refractivity contribution in [3.8, 4) is 11.3 Å². The Morgan fingerprint density at radius 1 is 1.14 bits per heavy atom. The number of nitrogens with zero attached hydrogens (tertiary/aromatic N) is 3. The number of rotatable bonds is 4. The Balaban J connectivity index is 1.34. The molecule has 2 unspecified atom stereocenters. The molecular weight excluding hydrogens is 369 g/mol. The Kier molecular flexibility index (Phi) is 4.48. The van der Waals surface area contributed by atoms with Gasteiger partial charge in [0.05, 0.1) is 36.0 Å². The summed E-state index contributed by atoms with van der Waals surface area (Å²) in [5.41, 5.74) is 2.32. The van der Waals surface area contributed by atoms with E-state index in [-0.39, 0.29) is 18.3 Å². The Morgan fingerprint density at radius 3 is 2.66 bits per heavy atom. The van der Waals surface area contributed by atoms with E-state index in [1.54, 1.807) is 31.0 Å². The largest absolute Gasteiger partial charge is 0.390 e. The molecule has 2 N–H and O–H groups in total. The average Bonchev–Trinajstić information content (AvgIpc) is 3.32. The molecule has 6 heteroatoms. The van der Waals surface area contributed by atoms with Crippen molar-refractivity contribution in [1.29, 1.82) is 0 Å². The summed E-state index contributed by atoms with van der Waals surface area (Å²) >= 11 is 0. The van der Waals surface area contributed by atoms with Crippen LogP contribution >= 0.6 is 0 Å². The molecule has 3 heterocycles. The van der Waals surface area contributed by atoms with Gasteiger partial charge in [-0.05, 0) is 55.4 Å². The molecule has 2 atom stereocenters. The van der Waals surface area contributed by atoms with Gasteiger partial charge in [0.2, 0.25) is 0 Å². The normalized spacial score (nSPS) is 26.7. The highest BCUT2D eigenvalue weighted by molar-refractivity contribution is 5.69. The highest BCUT2D eigenvalue weighted by Crippen LogP contribution is 2.46. The van der Waals surface area contributed by atoms with Crippen molar-refractivity contribution in [2.45, 2.75) is 55.8 Å². The van der Waals surface area contributed by atoms with E-state index < -0.39 is 11.7 Å². The molecule has 29 heavy (non-hydrogen) atoms. The molecule has 150 valence electrons. The van der Waals surface area contributed by atoms with E-state index in [1.165, 1.54) is 11.6 Å². The fourth-order valence-electron chi connectivity index (χ4n) is 5.08. The molecule has 3 aromatic rings. The fraction of sp³-hybridized carbons (Fsp3) is 0.391. The number of aliphatic hydroxyl groups excluding tert-OH is 1. The molecule has 0 spiro atoms. The monoisotopic (exact) mass is 393 g/mol. The molecule has 0 amide bonds. The molecule has 0 radical (unpaired) electrons. The van der Waals surface area contributed by atoms with Crippen LogP contribution in [0.5, 0.6) is 0 Å². The van der Waals surface area contributed by atoms with Crippen molar-refractivity contribution in [3.63, 3.8) is 0 Å². The lowest BCUT2D eigenvalue weighted by molar-refractivity contribution is -0.105. The molecule has 0 bridgehead atoms. The van der Waals surface area contributed by atoms with Gasteiger partial charge in [0.1, 0.15) is 5.82 Å². The SMILES string of the molecule is OC(CC1c2c(F)cccc2-c2cncn21)C1(O)CCC(c2ccncc2)CC1. The molecule has 5 nitrogen and oxygen atoms in total. The quantitative estimate of drug-likeness (QED) is 0.707. The molecular formula is C23H24FN3O2. The Bertz CT molecular complexity index is 1010. The minimum Gasteiger partial charge on any atom is -0.390 e. The van der Waals surface area contributed by atoms with Crippen molar-refractivity contribution in [2.75, 3.05) is 0 Å². The third-order valence-electron chi connectivity index (χ3n) is 6.76. The Hall–Kier alpha value is -2.57. The average molecular weight is 393 g/mol. The predicted octanol–water partition coefficient (Wildman–Crippen LogP) is 3.83. The van der Waals surface area contributed by atoms with Crippen LogP contribution in [0.15, 0.2) is 55.2 Å². The van der Waals surface area contributed by atoms with Crippen molar-refractivity contribution in [3.05, 3.63) is 72.2 Å². The minimum absolute atomic E-state index is 0.258. The van der Waals surface area contributed by atoms with Gasteiger partial charge in [-0.1, -0.05) is 12.1 Å². The summed E-state index contributed by atoms with van der Waals surface area (Å²) in [7, 11) is 0. The second kappa shape index (κ2) is 7.04. The highest BCUT2D eigenvalue weighted by atomic mass is 19.1. The number of hydrogen-bond donors (Lipinski definition) is 2. The second-order valence-corrected chi connectivity index (χ2v) is 8.31. The Labute approximate surface area is 168 Å². The van der Waals surface area contributed by atoms with Gasteiger partial charge in [0.15, 0.2) is 0 Å². The van der Waals surface area contributed by atoms with Crippen LogP contribution in [-0.2, 0) is 0 Å². The van der Waals surface area contributed by atoms with E-state index >= 15 is 0 Å². The van der Waals surface area contributed by atoms with E-state index in [1.807, 2.05) is 22.8 Å². The van der Waals surface area contributed by atoms with E-state index in [2.05, 4.69) is 9.97 Å². The van der Waals surface area contributed by atoms with E-state index in [0.29, 0.717) is 24.3 Å². The maximum atomic E-state index is 14.6. The van der Waals surface area contributed by atoms with Crippen LogP contribution in [0.3, 0.4) is 0 Å². The third kappa shape index (κ3) is 3.07. The molecule has 0 saturated heterocycles. The van der Waals surface area contributed by atoms with Gasteiger partial charge in [-0.3, -0.25) is 4.98 Å². The first-order chi connectivity index (χ1) is 14.1. The van der Waals surface area contributed by atoms with Gasteiger partial charge in [-0.25, -0.2) is 9.37 Å². The van der Waals surface area contributed by atoms with E-state index in [0.717, 1.165) is 24.1 Å². The van der Waals surface area contributed by atoms with Crippen LogP contribution in [0.4, 0.5) is 4.39 Å². The van der Waals surface area contributed by atoms with Crippen LogP contribution < -0.4 is 0 Å². The summed E-state index contributed by atoms with van der Waals surface area (Å²) in [5.74, 6) is 0.0900. The lowest BCUT2D eigenvalue weighted by Crippen LogP contribution is -2.46. The maximum Gasteiger partial charge on any atom is 0.129 e. The van der Waals surface area contributed by atoms with Crippen LogP contribution in [0.2, 0.25) is 0 Å². The number of benzene rings is 1.